The van der Waals surface area contributed by atoms with Crippen LogP contribution in [0.25, 0.3) is 32.7 Å². The number of hydrogen-bond acceptors (Lipinski definition) is 6. The molecule has 0 radical (unpaired) electrons. The lowest BCUT2D eigenvalue weighted by molar-refractivity contribution is 0.0590. The minimum Gasteiger partial charge on any atom is -0.506 e. The molecule has 30 heavy (non-hydrogen) atoms. The summed E-state index contributed by atoms with van der Waals surface area (Å²) in [6.45, 7) is 0. The largest absolute Gasteiger partial charge is 0.506 e. The van der Waals surface area contributed by atoms with Crippen LogP contribution >= 0.6 is 0 Å². The van der Waals surface area contributed by atoms with Crippen LogP contribution in [-0.2, 0) is 9.47 Å². The molecule has 4 aromatic carbocycles. The summed E-state index contributed by atoms with van der Waals surface area (Å²) in [4.78, 5) is 24.7. The van der Waals surface area contributed by atoms with Gasteiger partial charge in [-0.25, -0.2) is 9.59 Å². The Morgan fingerprint density at radius 3 is 1.80 bits per heavy atom. The van der Waals surface area contributed by atoms with Crippen molar-refractivity contribution >= 4 is 39.2 Å². The van der Waals surface area contributed by atoms with Gasteiger partial charge in [0.2, 0.25) is 0 Å². The summed E-state index contributed by atoms with van der Waals surface area (Å²) in [6.07, 6.45) is 0. The Kier molecular flexibility index (Phi) is 4.75. The SMILES string of the molecule is COC(=O)c1cc2ccccc2c(-c2c(O)c(C(=O)OC)cc3ccccc23)c1N. The van der Waals surface area contributed by atoms with E-state index < -0.39 is 11.9 Å². The average Bonchev–Trinajstić information content (AvgIpc) is 2.78. The van der Waals surface area contributed by atoms with Gasteiger partial charge in [-0.15, -0.1) is 0 Å². The maximum atomic E-state index is 12.4. The normalized spacial score (nSPS) is 10.9. The van der Waals surface area contributed by atoms with Gasteiger partial charge in [0.15, 0.2) is 0 Å². The lowest BCUT2D eigenvalue weighted by Crippen LogP contribution is -2.08. The Hall–Kier alpha value is -4.06. The van der Waals surface area contributed by atoms with Crippen LogP contribution in [0.2, 0.25) is 0 Å². The second kappa shape index (κ2) is 7.40. The highest BCUT2D eigenvalue weighted by Crippen LogP contribution is 2.46. The molecule has 0 unspecified atom stereocenters. The maximum Gasteiger partial charge on any atom is 0.341 e. The van der Waals surface area contributed by atoms with Gasteiger partial charge in [-0.1, -0.05) is 48.5 Å². The molecular weight excluding hydrogens is 382 g/mol. The first-order valence-corrected chi connectivity index (χ1v) is 9.20. The van der Waals surface area contributed by atoms with Crippen LogP contribution in [0.15, 0.2) is 60.7 Å². The Balaban J connectivity index is 2.23. The van der Waals surface area contributed by atoms with E-state index in [0.29, 0.717) is 16.5 Å². The van der Waals surface area contributed by atoms with Crippen LogP contribution in [0.3, 0.4) is 0 Å². The van der Waals surface area contributed by atoms with Gasteiger partial charge in [-0.05, 0) is 33.7 Å². The Morgan fingerprint density at radius 2 is 1.23 bits per heavy atom. The second-order valence-corrected chi connectivity index (χ2v) is 6.79. The van der Waals surface area contributed by atoms with E-state index >= 15 is 0 Å². The molecule has 0 bridgehead atoms. The van der Waals surface area contributed by atoms with Crippen molar-refractivity contribution in [1.29, 1.82) is 0 Å². The number of esters is 2. The molecular formula is C24H19NO5. The number of nitrogen functional groups attached to an aromatic ring is 1. The molecule has 4 aromatic rings. The summed E-state index contributed by atoms with van der Waals surface area (Å²) in [5, 5.41) is 14.0. The Morgan fingerprint density at radius 1 is 0.767 bits per heavy atom. The molecule has 4 rings (SSSR count). The highest BCUT2D eigenvalue weighted by atomic mass is 16.5. The smallest absolute Gasteiger partial charge is 0.341 e. The van der Waals surface area contributed by atoms with Gasteiger partial charge in [0, 0.05) is 11.1 Å². The van der Waals surface area contributed by atoms with E-state index in [4.69, 9.17) is 15.2 Å². The first-order chi connectivity index (χ1) is 14.5. The number of rotatable bonds is 3. The molecule has 0 amide bonds. The lowest BCUT2D eigenvalue weighted by atomic mass is 9.88. The predicted octanol–water partition coefficient (Wildman–Crippen LogP) is 4.52. The molecule has 3 N–H and O–H groups in total. The molecule has 0 aromatic heterocycles. The number of anilines is 1. The van der Waals surface area contributed by atoms with E-state index in [1.54, 1.807) is 12.1 Å². The number of phenols is 1. The molecule has 6 heteroatoms. The van der Waals surface area contributed by atoms with Gasteiger partial charge < -0.3 is 20.3 Å². The van der Waals surface area contributed by atoms with Crippen LogP contribution in [0, 0.1) is 0 Å². The summed E-state index contributed by atoms with van der Waals surface area (Å²) in [5.41, 5.74) is 7.60. The number of ether oxygens (including phenoxy) is 2. The molecule has 0 aliphatic heterocycles. The van der Waals surface area contributed by atoms with Crippen molar-refractivity contribution in [1.82, 2.24) is 0 Å². The molecule has 0 saturated carbocycles. The standard InChI is InChI=1S/C24H19NO5/c1-29-23(27)17-11-13-7-3-5-9-15(13)19(21(17)25)20-16-10-6-4-8-14(16)12-18(22(20)26)24(28)30-2/h3-12,26H,25H2,1-2H3. The molecule has 0 heterocycles. The third kappa shape index (κ3) is 2.90. The van der Waals surface area contributed by atoms with Crippen molar-refractivity contribution in [2.24, 2.45) is 0 Å². The molecule has 0 saturated heterocycles. The number of methoxy groups -OCH3 is 2. The third-order valence-electron chi connectivity index (χ3n) is 5.17. The number of benzene rings is 4. The number of carbonyl (C=O) groups is 2. The fourth-order valence-corrected chi connectivity index (χ4v) is 3.77. The van der Waals surface area contributed by atoms with E-state index in [1.807, 2.05) is 48.5 Å². The number of nitrogens with two attached hydrogens (primary N) is 1. The van der Waals surface area contributed by atoms with Crippen molar-refractivity contribution in [2.75, 3.05) is 20.0 Å². The third-order valence-corrected chi connectivity index (χ3v) is 5.17. The topological polar surface area (TPSA) is 98.8 Å². The van der Waals surface area contributed by atoms with Gasteiger partial charge in [-0.2, -0.15) is 0 Å². The van der Waals surface area contributed by atoms with E-state index in [0.717, 1.165) is 16.2 Å². The number of carbonyl (C=O) groups excluding carboxylic acids is 2. The van der Waals surface area contributed by atoms with E-state index in [-0.39, 0.29) is 22.6 Å². The highest BCUT2D eigenvalue weighted by Gasteiger charge is 2.25. The number of aromatic hydroxyl groups is 1. The Labute approximate surface area is 172 Å². The number of fused-ring (bicyclic) bond motifs is 2. The number of phenolic OH excluding ortho intramolecular Hbond substituents is 1. The summed E-state index contributed by atoms with van der Waals surface area (Å²) in [5.74, 6) is -1.53. The van der Waals surface area contributed by atoms with Gasteiger partial charge in [-0.3, -0.25) is 0 Å². The summed E-state index contributed by atoms with van der Waals surface area (Å²) in [7, 11) is 2.53. The molecule has 6 nitrogen and oxygen atoms in total. The van der Waals surface area contributed by atoms with Crippen LogP contribution < -0.4 is 5.73 Å². The molecule has 0 spiro atoms. The van der Waals surface area contributed by atoms with E-state index in [1.165, 1.54) is 14.2 Å². The molecule has 150 valence electrons. The number of hydrogen-bond donors (Lipinski definition) is 2. The summed E-state index contributed by atoms with van der Waals surface area (Å²) < 4.78 is 9.75. The molecule has 0 aliphatic carbocycles. The maximum absolute atomic E-state index is 12.4. The van der Waals surface area contributed by atoms with Crippen molar-refractivity contribution in [3.8, 4) is 16.9 Å². The van der Waals surface area contributed by atoms with Crippen LogP contribution in [0.4, 0.5) is 5.69 Å². The lowest BCUT2D eigenvalue weighted by Gasteiger charge is -2.18. The van der Waals surface area contributed by atoms with Gasteiger partial charge in [0.25, 0.3) is 0 Å². The monoisotopic (exact) mass is 401 g/mol. The average molecular weight is 401 g/mol. The van der Waals surface area contributed by atoms with E-state index in [2.05, 4.69) is 0 Å². The van der Waals surface area contributed by atoms with Crippen molar-refractivity contribution in [2.45, 2.75) is 0 Å². The van der Waals surface area contributed by atoms with Crippen LogP contribution in [0.5, 0.6) is 5.75 Å². The van der Waals surface area contributed by atoms with Gasteiger partial charge >= 0.3 is 11.9 Å². The summed E-state index contributed by atoms with van der Waals surface area (Å²) >= 11 is 0. The molecule has 0 atom stereocenters. The molecule has 0 fully saturated rings. The van der Waals surface area contributed by atoms with Crippen molar-refractivity contribution < 1.29 is 24.2 Å². The Bertz CT molecular complexity index is 1220. The van der Waals surface area contributed by atoms with Gasteiger partial charge in [0.05, 0.1) is 25.5 Å². The zero-order valence-corrected chi connectivity index (χ0v) is 16.4. The zero-order valence-electron chi connectivity index (χ0n) is 16.4. The quantitative estimate of drug-likeness (QED) is 0.387. The van der Waals surface area contributed by atoms with Crippen LogP contribution in [0.1, 0.15) is 20.7 Å². The molecule has 0 aliphatic rings. The zero-order chi connectivity index (χ0) is 21.4. The highest BCUT2D eigenvalue weighted by molar-refractivity contribution is 6.17. The van der Waals surface area contributed by atoms with Crippen molar-refractivity contribution in [3.63, 3.8) is 0 Å². The van der Waals surface area contributed by atoms with Crippen LogP contribution in [-0.4, -0.2) is 31.3 Å². The second-order valence-electron chi connectivity index (χ2n) is 6.79. The fourth-order valence-electron chi connectivity index (χ4n) is 3.77. The first-order valence-electron chi connectivity index (χ1n) is 9.20. The fraction of sp³-hybridized carbons (Fsp3) is 0.0833. The minimum atomic E-state index is -0.675. The van der Waals surface area contributed by atoms with E-state index in [9.17, 15) is 14.7 Å². The predicted molar refractivity (Wildman–Crippen MR) is 116 cm³/mol. The minimum absolute atomic E-state index is 0.0122. The van der Waals surface area contributed by atoms with Crippen molar-refractivity contribution in [3.05, 3.63) is 71.8 Å². The van der Waals surface area contributed by atoms with Gasteiger partial charge in [0.1, 0.15) is 11.3 Å². The summed E-state index contributed by atoms with van der Waals surface area (Å²) in [6, 6.07) is 17.9. The first kappa shape index (κ1) is 19.3.